The van der Waals surface area contributed by atoms with Gasteiger partial charge in [0.05, 0.1) is 18.0 Å². The molecule has 0 aromatic carbocycles. The first-order chi connectivity index (χ1) is 17.2. The molecular weight excluding hydrogens is 484 g/mol. The third-order valence-electron chi connectivity index (χ3n) is 7.33. The quantitative estimate of drug-likeness (QED) is 0.559. The van der Waals surface area contributed by atoms with E-state index in [-0.39, 0.29) is 30.9 Å². The lowest BCUT2D eigenvalue weighted by Gasteiger charge is -2.35. The van der Waals surface area contributed by atoms with Crippen molar-refractivity contribution in [2.75, 3.05) is 32.4 Å². The summed E-state index contributed by atoms with van der Waals surface area (Å²) in [6.45, 7) is 7.10. The SMILES string of the molecule is CSC1=CC(C)=NC(=O)C1CNC(=O)c1c(C)n([C@H](C)C2CCN(CC(F)F)CC2)c2ncccc12. The maximum Gasteiger partial charge on any atom is 0.255 e. The molecule has 1 N–H and O–H groups in total. The second kappa shape index (κ2) is 11.2. The van der Waals surface area contributed by atoms with Gasteiger partial charge in [0.25, 0.3) is 18.2 Å². The van der Waals surface area contributed by atoms with Gasteiger partial charge in [0.15, 0.2) is 0 Å². The van der Waals surface area contributed by atoms with Crippen molar-refractivity contribution in [3.05, 3.63) is 40.6 Å². The number of nitrogens with one attached hydrogen (secondary N) is 1. The summed E-state index contributed by atoms with van der Waals surface area (Å²) in [6, 6.07) is 3.76. The molecule has 194 valence electrons. The fourth-order valence-electron chi connectivity index (χ4n) is 5.45. The maximum absolute atomic E-state index is 13.4. The Morgan fingerprint density at radius 3 is 2.67 bits per heavy atom. The minimum Gasteiger partial charge on any atom is -0.351 e. The van der Waals surface area contributed by atoms with E-state index in [2.05, 4.69) is 26.8 Å². The summed E-state index contributed by atoms with van der Waals surface area (Å²) < 4.78 is 27.7. The fourth-order valence-corrected chi connectivity index (χ4v) is 6.21. The molecule has 1 saturated heterocycles. The number of nitrogens with zero attached hydrogens (tertiary/aromatic N) is 4. The minimum absolute atomic E-state index is 0.0564. The van der Waals surface area contributed by atoms with E-state index in [1.807, 2.05) is 36.3 Å². The van der Waals surface area contributed by atoms with Crippen molar-refractivity contribution in [1.82, 2.24) is 19.8 Å². The van der Waals surface area contributed by atoms with Crippen molar-refractivity contribution >= 4 is 40.3 Å². The Hall–Kier alpha value is -2.59. The number of hydrogen-bond donors (Lipinski definition) is 1. The second-order valence-corrected chi connectivity index (χ2v) is 10.5. The highest BCUT2D eigenvalue weighted by molar-refractivity contribution is 8.02. The third kappa shape index (κ3) is 5.39. The molecule has 7 nitrogen and oxygen atoms in total. The first-order valence-electron chi connectivity index (χ1n) is 12.3. The average molecular weight is 518 g/mol. The Kier molecular flexibility index (Phi) is 8.24. The Morgan fingerprint density at radius 1 is 1.28 bits per heavy atom. The monoisotopic (exact) mass is 517 g/mol. The van der Waals surface area contributed by atoms with Crippen molar-refractivity contribution < 1.29 is 18.4 Å². The number of allylic oxidation sites excluding steroid dienone is 1. The lowest BCUT2D eigenvalue weighted by molar-refractivity contribution is -0.120. The van der Waals surface area contributed by atoms with Crippen LogP contribution in [0.1, 0.15) is 48.8 Å². The summed E-state index contributed by atoms with van der Waals surface area (Å²) in [5.41, 5.74) is 2.78. The topological polar surface area (TPSA) is 79.6 Å². The number of thioether (sulfide) groups is 1. The zero-order valence-electron chi connectivity index (χ0n) is 21.1. The smallest absolute Gasteiger partial charge is 0.255 e. The number of rotatable bonds is 8. The van der Waals surface area contributed by atoms with Crippen LogP contribution in [0.4, 0.5) is 8.78 Å². The number of amides is 2. The van der Waals surface area contributed by atoms with Crippen LogP contribution in [0.3, 0.4) is 0 Å². The van der Waals surface area contributed by atoms with Crippen molar-refractivity contribution in [1.29, 1.82) is 0 Å². The highest BCUT2D eigenvalue weighted by atomic mass is 32.2. The van der Waals surface area contributed by atoms with E-state index >= 15 is 0 Å². The van der Waals surface area contributed by atoms with Crippen LogP contribution >= 0.6 is 11.8 Å². The van der Waals surface area contributed by atoms with Crippen LogP contribution in [0.2, 0.25) is 0 Å². The van der Waals surface area contributed by atoms with Gasteiger partial charge in [-0.15, -0.1) is 11.8 Å². The zero-order valence-corrected chi connectivity index (χ0v) is 21.9. The minimum atomic E-state index is -2.32. The first-order valence-corrected chi connectivity index (χ1v) is 13.5. The summed E-state index contributed by atoms with van der Waals surface area (Å²) in [5, 5.41) is 3.73. The van der Waals surface area contributed by atoms with E-state index in [9.17, 15) is 18.4 Å². The molecule has 0 saturated carbocycles. The average Bonchev–Trinajstić information content (AvgIpc) is 3.14. The summed E-state index contributed by atoms with van der Waals surface area (Å²) in [7, 11) is 0. The number of carbonyl (C=O) groups is 2. The van der Waals surface area contributed by atoms with Gasteiger partial charge in [-0.2, -0.15) is 0 Å². The first kappa shape index (κ1) is 26.5. The van der Waals surface area contributed by atoms with Crippen LogP contribution in [0.25, 0.3) is 11.0 Å². The molecule has 0 spiro atoms. The van der Waals surface area contributed by atoms with Crippen molar-refractivity contribution in [3.63, 3.8) is 0 Å². The predicted molar refractivity (Wildman–Crippen MR) is 140 cm³/mol. The number of fused-ring (bicyclic) bond motifs is 1. The van der Waals surface area contributed by atoms with Gasteiger partial charge in [-0.1, -0.05) is 0 Å². The Morgan fingerprint density at radius 2 is 2.00 bits per heavy atom. The Labute approximate surface area is 214 Å². The van der Waals surface area contributed by atoms with Crippen molar-refractivity contribution in [3.8, 4) is 0 Å². The van der Waals surface area contributed by atoms with Crippen LogP contribution in [-0.4, -0.2) is 70.8 Å². The summed E-state index contributed by atoms with van der Waals surface area (Å²) in [4.78, 5) is 37.3. The molecule has 0 radical (unpaired) electrons. The molecule has 0 bridgehead atoms. The van der Waals surface area contributed by atoms with Gasteiger partial charge in [0.2, 0.25) is 0 Å². The number of hydrogen-bond acceptors (Lipinski definition) is 5. The van der Waals surface area contributed by atoms with Gasteiger partial charge in [-0.3, -0.25) is 14.5 Å². The number of aromatic nitrogens is 2. The standard InChI is InChI=1S/C26H33F2N5O2S/c1-15-12-21(36-4)20(25(34)31-15)13-30-26(35)23-17(3)33(24-19(23)6-5-9-29-24)16(2)18-7-10-32(11-8-18)14-22(27)28/h5-6,9,12,16,18,20,22H,7-8,10-11,13-14H2,1-4H3,(H,30,35)/t16-,20?/m1/s1. The van der Waals surface area contributed by atoms with Gasteiger partial charge in [-0.05, 0) is 77.1 Å². The highest BCUT2D eigenvalue weighted by Crippen LogP contribution is 2.35. The molecule has 1 unspecified atom stereocenters. The number of dihydropyridines is 1. The highest BCUT2D eigenvalue weighted by Gasteiger charge is 2.31. The largest absolute Gasteiger partial charge is 0.351 e. The molecule has 2 aromatic heterocycles. The van der Waals surface area contributed by atoms with E-state index in [4.69, 9.17) is 0 Å². The molecule has 2 amide bonds. The van der Waals surface area contributed by atoms with E-state index in [1.54, 1.807) is 13.1 Å². The molecule has 2 aliphatic rings. The molecule has 0 aliphatic carbocycles. The molecular formula is C26H33F2N5O2S. The van der Waals surface area contributed by atoms with E-state index in [0.717, 1.165) is 34.5 Å². The van der Waals surface area contributed by atoms with Gasteiger partial charge < -0.3 is 9.88 Å². The zero-order chi connectivity index (χ0) is 26.0. The van der Waals surface area contributed by atoms with E-state index in [1.165, 1.54) is 11.8 Å². The molecule has 10 heteroatoms. The predicted octanol–water partition coefficient (Wildman–Crippen LogP) is 4.48. The lowest BCUT2D eigenvalue weighted by atomic mass is 9.90. The van der Waals surface area contributed by atoms with E-state index in [0.29, 0.717) is 30.3 Å². The van der Waals surface area contributed by atoms with Crippen LogP contribution in [0, 0.1) is 18.8 Å². The molecule has 4 rings (SSSR count). The van der Waals surface area contributed by atoms with E-state index < -0.39 is 12.3 Å². The normalized spacial score (nSPS) is 20.5. The molecule has 2 aromatic rings. The number of pyridine rings is 1. The Bertz CT molecular complexity index is 1200. The number of likely N-dealkylation sites (tertiary alicyclic amines) is 1. The van der Waals surface area contributed by atoms with Gasteiger partial charge >= 0.3 is 0 Å². The van der Waals surface area contributed by atoms with Crippen molar-refractivity contribution in [2.24, 2.45) is 16.8 Å². The summed E-state index contributed by atoms with van der Waals surface area (Å²) in [6.07, 6.45) is 4.83. The fraction of sp³-hybridized carbons (Fsp3) is 0.538. The van der Waals surface area contributed by atoms with Crippen LogP contribution in [-0.2, 0) is 4.79 Å². The van der Waals surface area contributed by atoms with Crippen LogP contribution < -0.4 is 5.32 Å². The number of aliphatic imine (C=N–C) groups is 1. The maximum atomic E-state index is 13.4. The molecule has 4 heterocycles. The molecule has 2 atom stereocenters. The second-order valence-electron chi connectivity index (χ2n) is 9.58. The summed E-state index contributed by atoms with van der Waals surface area (Å²) >= 11 is 1.49. The van der Waals surface area contributed by atoms with Crippen LogP contribution in [0.15, 0.2) is 34.3 Å². The number of piperidine rings is 1. The van der Waals surface area contributed by atoms with Crippen LogP contribution in [0.5, 0.6) is 0 Å². The third-order valence-corrected chi connectivity index (χ3v) is 8.21. The number of halogens is 2. The van der Waals surface area contributed by atoms with Gasteiger partial charge in [0.1, 0.15) is 5.65 Å². The molecule has 2 aliphatic heterocycles. The lowest BCUT2D eigenvalue weighted by Crippen LogP contribution is -2.38. The van der Waals surface area contributed by atoms with Gasteiger partial charge in [0, 0.05) is 40.5 Å². The molecule has 36 heavy (non-hydrogen) atoms. The Balaban J connectivity index is 1.55. The number of alkyl halides is 2. The molecule has 1 fully saturated rings. The van der Waals surface area contributed by atoms with Gasteiger partial charge in [-0.25, -0.2) is 18.8 Å². The summed E-state index contributed by atoms with van der Waals surface area (Å²) in [5.74, 6) is -0.687. The number of carbonyl (C=O) groups excluding carboxylic acids is 2. The van der Waals surface area contributed by atoms with Crippen molar-refractivity contribution in [2.45, 2.75) is 46.1 Å².